The normalized spacial score (nSPS) is 13.7. The summed E-state index contributed by atoms with van der Waals surface area (Å²) in [4.78, 5) is 26.2. The van der Waals surface area contributed by atoms with E-state index in [0.29, 0.717) is 12.1 Å². The van der Waals surface area contributed by atoms with Crippen LogP contribution in [0.15, 0.2) is 54.6 Å². The van der Waals surface area contributed by atoms with Crippen molar-refractivity contribution in [3.63, 3.8) is 0 Å². The Kier molecular flexibility index (Phi) is 6.26. The monoisotopic (exact) mass is 364 g/mol. The van der Waals surface area contributed by atoms with Crippen molar-refractivity contribution in [2.45, 2.75) is 19.4 Å². The minimum atomic E-state index is -0.164. The van der Waals surface area contributed by atoms with Gasteiger partial charge in [-0.15, -0.1) is 0 Å². The number of likely N-dealkylation sites (tertiary alicyclic amines) is 1. The number of carbonyl (C=O) groups excluding carboxylic acids is 2. The highest BCUT2D eigenvalue weighted by Crippen LogP contribution is 2.14. The van der Waals surface area contributed by atoms with Crippen LogP contribution < -0.4 is 10.1 Å². The molecule has 0 saturated carbocycles. The van der Waals surface area contributed by atoms with Gasteiger partial charge in [-0.25, -0.2) is 0 Å². The van der Waals surface area contributed by atoms with Crippen molar-refractivity contribution in [2.24, 2.45) is 0 Å². The first-order chi connectivity index (χ1) is 13.2. The van der Waals surface area contributed by atoms with Gasteiger partial charge in [-0.3, -0.25) is 9.59 Å². The molecule has 27 heavy (non-hydrogen) atoms. The van der Waals surface area contributed by atoms with Gasteiger partial charge in [0.05, 0.1) is 7.11 Å². The number of carbonyl (C=O) groups is 2. The lowest BCUT2D eigenvalue weighted by Crippen LogP contribution is -2.27. The zero-order valence-electron chi connectivity index (χ0n) is 15.5. The second-order valence-corrected chi connectivity index (χ2v) is 6.52. The first kappa shape index (κ1) is 18.7. The molecular formula is C22H24N2O3. The Balaban J connectivity index is 1.49. The number of nitrogens with zero attached hydrogens (tertiary/aromatic N) is 1. The Morgan fingerprint density at radius 2 is 1.70 bits per heavy atom. The summed E-state index contributed by atoms with van der Waals surface area (Å²) in [6.45, 7) is 2.11. The summed E-state index contributed by atoms with van der Waals surface area (Å²) >= 11 is 0. The molecule has 1 N–H and O–H groups in total. The number of benzene rings is 2. The van der Waals surface area contributed by atoms with Crippen LogP contribution in [0.4, 0.5) is 0 Å². The molecule has 5 nitrogen and oxygen atoms in total. The van der Waals surface area contributed by atoms with Crippen LogP contribution in [0.3, 0.4) is 0 Å². The van der Waals surface area contributed by atoms with E-state index in [1.807, 2.05) is 53.4 Å². The molecule has 1 aliphatic rings. The van der Waals surface area contributed by atoms with Gasteiger partial charge in [0, 0.05) is 31.3 Å². The topological polar surface area (TPSA) is 58.6 Å². The summed E-state index contributed by atoms with van der Waals surface area (Å²) in [6, 6.07) is 14.9. The molecule has 1 aliphatic heterocycles. The van der Waals surface area contributed by atoms with Crippen LogP contribution in [0, 0.1) is 0 Å². The van der Waals surface area contributed by atoms with Crippen LogP contribution >= 0.6 is 0 Å². The molecule has 0 radical (unpaired) electrons. The average molecular weight is 364 g/mol. The molecule has 5 heteroatoms. The Hall–Kier alpha value is -3.08. The molecular weight excluding hydrogens is 340 g/mol. The van der Waals surface area contributed by atoms with Gasteiger partial charge in [0.2, 0.25) is 5.91 Å². The van der Waals surface area contributed by atoms with Crippen molar-refractivity contribution in [1.29, 1.82) is 0 Å². The predicted molar refractivity (Wildman–Crippen MR) is 105 cm³/mol. The fraction of sp³-hybridized carbons (Fsp3) is 0.273. The van der Waals surface area contributed by atoms with Crippen molar-refractivity contribution in [1.82, 2.24) is 10.2 Å². The smallest absolute Gasteiger partial charge is 0.253 e. The molecule has 1 heterocycles. The van der Waals surface area contributed by atoms with E-state index < -0.39 is 0 Å². The van der Waals surface area contributed by atoms with Gasteiger partial charge < -0.3 is 15.0 Å². The Morgan fingerprint density at radius 3 is 2.33 bits per heavy atom. The van der Waals surface area contributed by atoms with Crippen LogP contribution in [0.5, 0.6) is 5.75 Å². The third-order valence-corrected chi connectivity index (χ3v) is 4.60. The maximum atomic E-state index is 12.3. The van der Waals surface area contributed by atoms with Crippen molar-refractivity contribution in [2.75, 3.05) is 20.2 Å². The van der Waals surface area contributed by atoms with Crippen LogP contribution in [0.1, 0.15) is 34.3 Å². The van der Waals surface area contributed by atoms with Gasteiger partial charge in [-0.2, -0.15) is 0 Å². The van der Waals surface area contributed by atoms with Crippen molar-refractivity contribution in [3.8, 4) is 5.75 Å². The quantitative estimate of drug-likeness (QED) is 0.801. The number of methoxy groups -OCH3 is 1. The molecule has 0 atom stereocenters. The van der Waals surface area contributed by atoms with E-state index in [4.69, 9.17) is 4.74 Å². The minimum Gasteiger partial charge on any atom is -0.497 e. The second-order valence-electron chi connectivity index (χ2n) is 6.52. The van der Waals surface area contributed by atoms with Crippen LogP contribution in [0.2, 0.25) is 0 Å². The van der Waals surface area contributed by atoms with E-state index in [0.717, 1.165) is 42.8 Å². The van der Waals surface area contributed by atoms with E-state index in [-0.39, 0.29) is 11.8 Å². The zero-order chi connectivity index (χ0) is 19.1. The zero-order valence-corrected chi connectivity index (χ0v) is 15.5. The lowest BCUT2D eigenvalue weighted by Gasteiger charge is -2.15. The SMILES string of the molecule is COc1ccc(/C=C/C(=O)NCc2ccc(C(=O)N3CCCC3)cc2)cc1. The third-order valence-electron chi connectivity index (χ3n) is 4.60. The fourth-order valence-electron chi connectivity index (χ4n) is 3.00. The maximum absolute atomic E-state index is 12.3. The number of ether oxygens (including phenoxy) is 1. The third kappa shape index (κ3) is 5.20. The predicted octanol–water partition coefficient (Wildman–Crippen LogP) is 3.26. The first-order valence-corrected chi connectivity index (χ1v) is 9.14. The largest absolute Gasteiger partial charge is 0.497 e. The Bertz CT molecular complexity index is 804. The van der Waals surface area contributed by atoms with Gasteiger partial charge in [0.15, 0.2) is 0 Å². The summed E-state index contributed by atoms with van der Waals surface area (Å²) < 4.78 is 5.11. The van der Waals surface area contributed by atoms with Gasteiger partial charge in [-0.05, 0) is 54.3 Å². The van der Waals surface area contributed by atoms with Gasteiger partial charge in [-0.1, -0.05) is 24.3 Å². The molecule has 0 aromatic heterocycles. The Morgan fingerprint density at radius 1 is 1.04 bits per heavy atom. The molecule has 3 rings (SSSR count). The highest BCUT2D eigenvalue weighted by Gasteiger charge is 2.19. The van der Waals surface area contributed by atoms with E-state index in [2.05, 4.69) is 5.32 Å². The van der Waals surface area contributed by atoms with Crippen molar-refractivity contribution < 1.29 is 14.3 Å². The molecule has 1 saturated heterocycles. The van der Waals surface area contributed by atoms with Gasteiger partial charge in [0.25, 0.3) is 5.91 Å². The van der Waals surface area contributed by atoms with Crippen LogP contribution in [-0.2, 0) is 11.3 Å². The molecule has 2 amide bonds. The number of hydrogen-bond acceptors (Lipinski definition) is 3. The first-order valence-electron chi connectivity index (χ1n) is 9.14. The van der Waals surface area contributed by atoms with E-state index in [1.54, 1.807) is 13.2 Å². The minimum absolute atomic E-state index is 0.0884. The molecule has 0 aliphatic carbocycles. The molecule has 0 spiro atoms. The number of rotatable bonds is 6. The van der Waals surface area contributed by atoms with Gasteiger partial charge in [0.1, 0.15) is 5.75 Å². The van der Waals surface area contributed by atoms with Gasteiger partial charge >= 0.3 is 0 Å². The van der Waals surface area contributed by atoms with Crippen molar-refractivity contribution >= 4 is 17.9 Å². The Labute approximate surface area is 159 Å². The summed E-state index contributed by atoms with van der Waals surface area (Å²) in [5.41, 5.74) is 2.58. The molecule has 2 aromatic carbocycles. The number of hydrogen-bond donors (Lipinski definition) is 1. The molecule has 140 valence electrons. The summed E-state index contributed by atoms with van der Waals surface area (Å²) in [6.07, 6.45) is 5.43. The molecule has 0 bridgehead atoms. The molecule has 0 unspecified atom stereocenters. The average Bonchev–Trinajstić information content (AvgIpc) is 3.26. The number of nitrogens with one attached hydrogen (secondary N) is 1. The van der Waals surface area contributed by atoms with Crippen LogP contribution in [-0.4, -0.2) is 36.9 Å². The van der Waals surface area contributed by atoms with E-state index in [9.17, 15) is 9.59 Å². The number of amides is 2. The summed E-state index contributed by atoms with van der Waals surface area (Å²) in [5.74, 6) is 0.705. The van der Waals surface area contributed by atoms with E-state index in [1.165, 1.54) is 6.08 Å². The second kappa shape index (κ2) is 9.03. The lowest BCUT2D eigenvalue weighted by atomic mass is 10.1. The maximum Gasteiger partial charge on any atom is 0.253 e. The molecule has 1 fully saturated rings. The molecule has 2 aromatic rings. The summed E-state index contributed by atoms with van der Waals surface area (Å²) in [5, 5.41) is 2.85. The van der Waals surface area contributed by atoms with Crippen molar-refractivity contribution in [3.05, 3.63) is 71.3 Å². The van der Waals surface area contributed by atoms with E-state index >= 15 is 0 Å². The highest BCUT2D eigenvalue weighted by atomic mass is 16.5. The van der Waals surface area contributed by atoms with Crippen LogP contribution in [0.25, 0.3) is 6.08 Å². The summed E-state index contributed by atoms with van der Waals surface area (Å²) in [7, 11) is 1.62. The highest BCUT2D eigenvalue weighted by molar-refractivity contribution is 5.94. The lowest BCUT2D eigenvalue weighted by molar-refractivity contribution is -0.116. The fourth-order valence-corrected chi connectivity index (χ4v) is 3.00. The standard InChI is InChI=1S/C22H24N2O3/c1-27-20-11-6-17(7-12-20)8-13-21(25)23-16-18-4-9-19(10-5-18)22(26)24-14-2-3-15-24/h4-13H,2-3,14-16H2,1H3,(H,23,25)/b13-8+.